The van der Waals surface area contributed by atoms with Crippen LogP contribution in [0.1, 0.15) is 17.0 Å². The third-order valence-electron chi connectivity index (χ3n) is 2.83. The lowest BCUT2D eigenvalue weighted by molar-refractivity contribution is -0.138. The molecule has 0 aliphatic carbocycles. The van der Waals surface area contributed by atoms with Crippen molar-refractivity contribution in [3.05, 3.63) is 70.7 Å². The molecule has 2 nitrogen and oxygen atoms in total. The van der Waals surface area contributed by atoms with Crippen LogP contribution in [0.25, 0.3) is 0 Å². The second kappa shape index (κ2) is 5.69. The Hall–Kier alpha value is -1.80. The highest BCUT2D eigenvalue weighted by atomic mass is 35.5. The first-order valence-electron chi connectivity index (χ1n) is 5.69. The molecule has 0 saturated heterocycles. The lowest BCUT2D eigenvalue weighted by Gasteiger charge is -2.12. The van der Waals surface area contributed by atoms with Crippen molar-refractivity contribution < 1.29 is 9.90 Å². The predicted molar refractivity (Wildman–Crippen MR) is 72.0 cm³/mol. The van der Waals surface area contributed by atoms with Gasteiger partial charge >= 0.3 is 5.97 Å². The van der Waals surface area contributed by atoms with Crippen molar-refractivity contribution in [1.82, 2.24) is 0 Å². The average molecular weight is 261 g/mol. The van der Waals surface area contributed by atoms with Gasteiger partial charge in [-0.1, -0.05) is 54.1 Å². The Balaban J connectivity index is 2.25. The van der Waals surface area contributed by atoms with Gasteiger partial charge in [-0.25, -0.2) is 0 Å². The summed E-state index contributed by atoms with van der Waals surface area (Å²) in [5.74, 6) is -1.36. The van der Waals surface area contributed by atoms with Gasteiger partial charge in [0.15, 0.2) is 0 Å². The average Bonchev–Trinajstić information content (AvgIpc) is 2.37. The van der Waals surface area contributed by atoms with Crippen molar-refractivity contribution in [1.29, 1.82) is 0 Å². The molecule has 0 bridgehead atoms. The normalized spacial score (nSPS) is 12.1. The molecule has 0 aromatic heterocycles. The first-order chi connectivity index (χ1) is 8.66. The maximum Gasteiger partial charge on any atom is 0.311 e. The van der Waals surface area contributed by atoms with Gasteiger partial charge in [0.1, 0.15) is 0 Å². The van der Waals surface area contributed by atoms with Crippen molar-refractivity contribution in [2.45, 2.75) is 12.3 Å². The fourth-order valence-corrected chi connectivity index (χ4v) is 2.15. The third kappa shape index (κ3) is 3.11. The Morgan fingerprint density at radius 2 is 1.83 bits per heavy atom. The molecule has 92 valence electrons. The summed E-state index contributed by atoms with van der Waals surface area (Å²) in [6.07, 6.45) is 0.444. The van der Waals surface area contributed by atoms with Gasteiger partial charge in [0, 0.05) is 5.02 Å². The van der Waals surface area contributed by atoms with E-state index >= 15 is 0 Å². The minimum absolute atomic E-state index is 0.444. The van der Waals surface area contributed by atoms with Crippen LogP contribution in [-0.4, -0.2) is 11.1 Å². The monoisotopic (exact) mass is 260 g/mol. The summed E-state index contributed by atoms with van der Waals surface area (Å²) in [6.45, 7) is 0. The minimum atomic E-state index is -0.818. The van der Waals surface area contributed by atoms with Crippen LogP contribution in [0.3, 0.4) is 0 Å². The molecule has 2 aromatic carbocycles. The van der Waals surface area contributed by atoms with Crippen LogP contribution < -0.4 is 0 Å². The molecule has 0 radical (unpaired) electrons. The first-order valence-corrected chi connectivity index (χ1v) is 6.07. The number of hydrogen-bond acceptors (Lipinski definition) is 1. The maximum absolute atomic E-state index is 11.4. The van der Waals surface area contributed by atoms with Gasteiger partial charge in [0.25, 0.3) is 0 Å². The van der Waals surface area contributed by atoms with Gasteiger partial charge in [-0.3, -0.25) is 4.79 Å². The summed E-state index contributed by atoms with van der Waals surface area (Å²) in [7, 11) is 0. The Bertz CT molecular complexity index is 537. The second-order valence-electron chi connectivity index (χ2n) is 4.14. The number of halogens is 1. The molecule has 0 aliphatic rings. The number of hydrogen-bond donors (Lipinski definition) is 1. The molecule has 2 aromatic rings. The van der Waals surface area contributed by atoms with E-state index in [0.29, 0.717) is 11.4 Å². The molecule has 18 heavy (non-hydrogen) atoms. The van der Waals surface area contributed by atoms with Crippen molar-refractivity contribution in [3.8, 4) is 0 Å². The molecule has 0 aliphatic heterocycles. The Labute approximate surface area is 111 Å². The van der Waals surface area contributed by atoms with E-state index in [1.165, 1.54) is 0 Å². The molecular weight excluding hydrogens is 248 g/mol. The van der Waals surface area contributed by atoms with Crippen LogP contribution in [0, 0.1) is 0 Å². The smallest absolute Gasteiger partial charge is 0.311 e. The Morgan fingerprint density at radius 3 is 2.44 bits per heavy atom. The van der Waals surface area contributed by atoms with Gasteiger partial charge in [0.05, 0.1) is 5.92 Å². The molecule has 1 atom stereocenters. The highest BCUT2D eigenvalue weighted by Crippen LogP contribution is 2.22. The lowest BCUT2D eigenvalue weighted by Crippen LogP contribution is -2.14. The van der Waals surface area contributed by atoms with Gasteiger partial charge in [0.2, 0.25) is 0 Å². The number of rotatable bonds is 4. The Kier molecular flexibility index (Phi) is 4.00. The van der Waals surface area contributed by atoms with Gasteiger partial charge in [-0.05, 0) is 29.7 Å². The molecule has 0 amide bonds. The Morgan fingerprint density at radius 1 is 1.11 bits per heavy atom. The first kappa shape index (κ1) is 12.7. The third-order valence-corrected chi connectivity index (χ3v) is 3.06. The van der Waals surface area contributed by atoms with Gasteiger partial charge in [-0.15, -0.1) is 0 Å². The van der Waals surface area contributed by atoms with Gasteiger partial charge in [-0.2, -0.15) is 0 Å². The van der Waals surface area contributed by atoms with Crippen molar-refractivity contribution in [2.75, 3.05) is 0 Å². The minimum Gasteiger partial charge on any atom is -0.481 e. The van der Waals surface area contributed by atoms with Crippen LogP contribution in [0.4, 0.5) is 0 Å². The summed E-state index contributed by atoms with van der Waals surface area (Å²) in [5, 5.41) is 9.95. The summed E-state index contributed by atoms with van der Waals surface area (Å²) in [5.41, 5.74) is 1.74. The second-order valence-corrected chi connectivity index (χ2v) is 4.57. The summed E-state index contributed by atoms with van der Waals surface area (Å²) < 4.78 is 0. The van der Waals surface area contributed by atoms with Crippen LogP contribution in [0.2, 0.25) is 5.02 Å². The van der Waals surface area contributed by atoms with Crippen LogP contribution in [0.5, 0.6) is 0 Å². The van der Waals surface area contributed by atoms with Crippen molar-refractivity contribution in [2.24, 2.45) is 0 Å². The highest BCUT2D eigenvalue weighted by molar-refractivity contribution is 6.30. The van der Waals surface area contributed by atoms with E-state index in [9.17, 15) is 9.90 Å². The van der Waals surface area contributed by atoms with E-state index in [4.69, 9.17) is 11.6 Å². The maximum atomic E-state index is 11.4. The van der Waals surface area contributed by atoms with Gasteiger partial charge < -0.3 is 5.11 Å². The molecular formula is C15H13ClO2. The highest BCUT2D eigenvalue weighted by Gasteiger charge is 2.19. The van der Waals surface area contributed by atoms with Crippen LogP contribution in [0.15, 0.2) is 54.6 Å². The van der Waals surface area contributed by atoms with E-state index in [2.05, 4.69) is 0 Å². The van der Waals surface area contributed by atoms with Crippen molar-refractivity contribution in [3.63, 3.8) is 0 Å². The molecule has 1 N–H and O–H groups in total. The largest absolute Gasteiger partial charge is 0.481 e. The van der Waals surface area contributed by atoms with E-state index in [1.807, 2.05) is 42.5 Å². The molecule has 0 unspecified atom stereocenters. The quantitative estimate of drug-likeness (QED) is 0.909. The van der Waals surface area contributed by atoms with E-state index in [0.717, 1.165) is 11.1 Å². The summed E-state index contributed by atoms with van der Waals surface area (Å²) in [6, 6.07) is 16.6. The molecule has 3 heteroatoms. The SMILES string of the molecule is O=C(O)[C@H](Cc1cccc(Cl)c1)c1ccccc1. The predicted octanol–water partition coefficient (Wildman–Crippen LogP) is 3.75. The molecule has 0 spiro atoms. The van der Waals surface area contributed by atoms with E-state index in [1.54, 1.807) is 12.1 Å². The molecule has 2 rings (SSSR count). The molecule has 0 saturated carbocycles. The van der Waals surface area contributed by atoms with Crippen LogP contribution in [-0.2, 0) is 11.2 Å². The fraction of sp³-hybridized carbons (Fsp3) is 0.133. The standard InChI is InChI=1S/C15H13ClO2/c16-13-8-4-5-11(9-13)10-14(15(17)18)12-6-2-1-3-7-12/h1-9,14H,10H2,(H,17,18)/t14-/m1/s1. The fourth-order valence-electron chi connectivity index (χ4n) is 1.93. The zero-order valence-corrected chi connectivity index (χ0v) is 10.5. The number of aliphatic carboxylic acids is 1. The molecule has 0 fully saturated rings. The molecule has 0 heterocycles. The van der Waals surface area contributed by atoms with E-state index in [-0.39, 0.29) is 0 Å². The summed E-state index contributed by atoms with van der Waals surface area (Å²) >= 11 is 5.91. The zero-order chi connectivity index (χ0) is 13.0. The summed E-state index contributed by atoms with van der Waals surface area (Å²) in [4.78, 5) is 11.4. The number of carboxylic acids is 1. The van der Waals surface area contributed by atoms with E-state index < -0.39 is 11.9 Å². The number of carbonyl (C=O) groups is 1. The number of carboxylic acid groups (broad SMARTS) is 1. The van der Waals surface area contributed by atoms with Crippen LogP contribution >= 0.6 is 11.6 Å². The lowest BCUT2D eigenvalue weighted by atomic mass is 9.92. The number of benzene rings is 2. The topological polar surface area (TPSA) is 37.3 Å². The van der Waals surface area contributed by atoms with Crippen molar-refractivity contribution >= 4 is 17.6 Å². The zero-order valence-electron chi connectivity index (χ0n) is 9.71.